The Kier molecular flexibility index (Phi) is 5.33. The minimum atomic E-state index is -4.68. The first-order chi connectivity index (χ1) is 15.9. The summed E-state index contributed by atoms with van der Waals surface area (Å²) in [6, 6.07) is 19.5. The van der Waals surface area contributed by atoms with E-state index < -0.39 is 17.6 Å². The van der Waals surface area contributed by atoms with Gasteiger partial charge in [-0.05, 0) is 12.1 Å². The van der Waals surface area contributed by atoms with Gasteiger partial charge in [0.15, 0.2) is 0 Å². The van der Waals surface area contributed by atoms with Crippen LogP contribution in [0, 0.1) is 0 Å². The number of H-pyrrole nitrogens is 1. The Bertz CT molecular complexity index is 1330. The quantitative estimate of drug-likeness (QED) is 0.505. The molecular weight excluding hydrogens is 431 g/mol. The number of hydrogen-bond acceptors (Lipinski definition) is 4. The second-order valence-electron chi connectivity index (χ2n) is 7.95. The van der Waals surface area contributed by atoms with Crippen LogP contribution in [0.4, 0.5) is 13.2 Å². The van der Waals surface area contributed by atoms with Gasteiger partial charge < -0.3 is 4.98 Å². The van der Waals surface area contributed by atoms with Gasteiger partial charge in [0.2, 0.25) is 5.82 Å². The number of nitrogens with one attached hydrogen (secondary N) is 1. The van der Waals surface area contributed by atoms with Gasteiger partial charge in [0, 0.05) is 43.4 Å². The SMILES string of the molecule is O=c1[nH]c(C(F)(F)F)nc2c1CN(Cc1cn(-c3ccccc3)nc1-c1ccccc1)CC2. The van der Waals surface area contributed by atoms with Crippen LogP contribution in [0.25, 0.3) is 16.9 Å². The zero-order chi connectivity index (χ0) is 23.0. The molecule has 1 N–H and O–H groups in total. The van der Waals surface area contributed by atoms with Crippen molar-refractivity contribution in [1.82, 2.24) is 24.6 Å². The van der Waals surface area contributed by atoms with Gasteiger partial charge in [-0.15, -0.1) is 0 Å². The maximum absolute atomic E-state index is 13.0. The third-order valence-corrected chi connectivity index (χ3v) is 5.67. The molecule has 0 amide bonds. The first-order valence-electron chi connectivity index (χ1n) is 10.5. The molecule has 168 valence electrons. The maximum atomic E-state index is 13.0. The van der Waals surface area contributed by atoms with Crippen molar-refractivity contribution in [3.8, 4) is 16.9 Å². The average molecular weight is 451 g/mol. The fraction of sp³-hybridized carbons (Fsp3) is 0.208. The van der Waals surface area contributed by atoms with Gasteiger partial charge in [-0.1, -0.05) is 48.5 Å². The molecule has 0 aliphatic carbocycles. The number of aromatic nitrogens is 4. The number of fused-ring (bicyclic) bond motifs is 1. The molecular formula is C24H20F3N5O. The number of rotatable bonds is 4. The van der Waals surface area contributed by atoms with Crippen LogP contribution in [-0.2, 0) is 25.7 Å². The van der Waals surface area contributed by atoms with E-state index >= 15 is 0 Å². The van der Waals surface area contributed by atoms with Gasteiger partial charge in [-0.3, -0.25) is 9.69 Å². The van der Waals surface area contributed by atoms with E-state index in [1.165, 1.54) is 0 Å². The summed E-state index contributed by atoms with van der Waals surface area (Å²) in [5.74, 6) is -1.24. The molecule has 0 unspecified atom stereocenters. The average Bonchev–Trinajstić information content (AvgIpc) is 3.24. The highest BCUT2D eigenvalue weighted by atomic mass is 19.4. The molecule has 1 aliphatic heterocycles. The lowest BCUT2D eigenvalue weighted by Gasteiger charge is -2.27. The Morgan fingerprint density at radius 2 is 1.70 bits per heavy atom. The van der Waals surface area contributed by atoms with Crippen molar-refractivity contribution in [2.45, 2.75) is 25.7 Å². The van der Waals surface area contributed by atoms with Gasteiger partial charge >= 0.3 is 6.18 Å². The molecule has 2 aromatic heterocycles. The maximum Gasteiger partial charge on any atom is 0.449 e. The highest BCUT2D eigenvalue weighted by Crippen LogP contribution is 2.28. The molecule has 0 saturated carbocycles. The topological polar surface area (TPSA) is 66.8 Å². The molecule has 0 atom stereocenters. The van der Waals surface area contributed by atoms with E-state index in [1.807, 2.05) is 81.4 Å². The van der Waals surface area contributed by atoms with Gasteiger partial charge in [-0.25, -0.2) is 9.67 Å². The molecule has 0 saturated heterocycles. The number of para-hydroxylation sites is 1. The Morgan fingerprint density at radius 3 is 2.39 bits per heavy atom. The number of hydrogen-bond donors (Lipinski definition) is 1. The van der Waals surface area contributed by atoms with Gasteiger partial charge in [-0.2, -0.15) is 18.3 Å². The minimum Gasteiger partial charge on any atom is -0.303 e. The lowest BCUT2D eigenvalue weighted by Crippen LogP contribution is -2.36. The van der Waals surface area contributed by atoms with Crippen molar-refractivity contribution >= 4 is 0 Å². The number of aromatic amines is 1. The molecule has 0 bridgehead atoms. The molecule has 0 radical (unpaired) electrons. The van der Waals surface area contributed by atoms with E-state index in [0.717, 1.165) is 22.5 Å². The van der Waals surface area contributed by atoms with Gasteiger partial charge in [0.1, 0.15) is 0 Å². The smallest absolute Gasteiger partial charge is 0.303 e. The van der Waals surface area contributed by atoms with Crippen LogP contribution >= 0.6 is 0 Å². The second kappa shape index (κ2) is 8.32. The molecule has 6 nitrogen and oxygen atoms in total. The van der Waals surface area contributed by atoms with Crippen molar-refractivity contribution < 1.29 is 13.2 Å². The Balaban J connectivity index is 1.46. The summed E-state index contributed by atoms with van der Waals surface area (Å²) < 4.78 is 40.8. The molecule has 33 heavy (non-hydrogen) atoms. The van der Waals surface area contributed by atoms with E-state index in [0.29, 0.717) is 13.1 Å². The standard InChI is InChI=1S/C24H20F3N5O/c25-24(26,27)23-28-20-11-12-31(15-19(20)22(33)29-23)13-17-14-32(18-9-5-2-6-10-18)30-21(17)16-7-3-1-4-8-16/h1-10,14H,11-13,15H2,(H,28,29,33). The lowest BCUT2D eigenvalue weighted by molar-refractivity contribution is -0.145. The van der Waals surface area contributed by atoms with Crippen LogP contribution in [0.15, 0.2) is 71.7 Å². The largest absolute Gasteiger partial charge is 0.449 e. The molecule has 9 heteroatoms. The van der Waals surface area contributed by atoms with Crippen LogP contribution in [0.2, 0.25) is 0 Å². The zero-order valence-electron chi connectivity index (χ0n) is 17.5. The van der Waals surface area contributed by atoms with Gasteiger partial charge in [0.05, 0.1) is 22.6 Å². The van der Waals surface area contributed by atoms with E-state index in [4.69, 9.17) is 5.10 Å². The van der Waals surface area contributed by atoms with Crippen LogP contribution in [0.1, 0.15) is 22.6 Å². The normalized spacial score (nSPS) is 14.3. The van der Waals surface area contributed by atoms with Crippen LogP contribution in [0.5, 0.6) is 0 Å². The third-order valence-electron chi connectivity index (χ3n) is 5.67. The highest BCUT2D eigenvalue weighted by Gasteiger charge is 2.36. The first-order valence-corrected chi connectivity index (χ1v) is 10.5. The molecule has 5 rings (SSSR count). The van der Waals surface area contributed by atoms with E-state index in [2.05, 4.69) is 4.98 Å². The zero-order valence-corrected chi connectivity index (χ0v) is 17.5. The molecule has 0 spiro atoms. The van der Waals surface area contributed by atoms with Crippen molar-refractivity contribution in [2.75, 3.05) is 6.54 Å². The van der Waals surface area contributed by atoms with Crippen LogP contribution in [-0.4, -0.2) is 31.2 Å². The summed E-state index contributed by atoms with van der Waals surface area (Å²) in [5.41, 5.74) is 3.44. The Morgan fingerprint density at radius 1 is 1.00 bits per heavy atom. The number of benzene rings is 2. The molecule has 4 aromatic rings. The summed E-state index contributed by atoms with van der Waals surface area (Å²) in [6.07, 6.45) is -2.44. The third kappa shape index (κ3) is 4.31. The van der Waals surface area contributed by atoms with E-state index in [9.17, 15) is 18.0 Å². The second-order valence-corrected chi connectivity index (χ2v) is 7.95. The Hall–Kier alpha value is -3.72. The van der Waals surface area contributed by atoms with Crippen molar-refractivity contribution in [3.05, 3.63) is 99.9 Å². The summed E-state index contributed by atoms with van der Waals surface area (Å²) >= 11 is 0. The monoisotopic (exact) mass is 451 g/mol. The number of nitrogens with zero attached hydrogens (tertiary/aromatic N) is 4. The summed E-state index contributed by atoms with van der Waals surface area (Å²) in [6.45, 7) is 1.21. The molecule has 0 fully saturated rings. The number of alkyl halides is 3. The van der Waals surface area contributed by atoms with Crippen LogP contribution in [0.3, 0.4) is 0 Å². The summed E-state index contributed by atoms with van der Waals surface area (Å²) in [5, 5.41) is 4.80. The molecule has 2 aromatic carbocycles. The fourth-order valence-corrected chi connectivity index (χ4v) is 4.07. The van der Waals surface area contributed by atoms with E-state index in [-0.39, 0.29) is 24.2 Å². The Labute approximate surface area is 187 Å². The van der Waals surface area contributed by atoms with Crippen molar-refractivity contribution in [3.63, 3.8) is 0 Å². The van der Waals surface area contributed by atoms with Gasteiger partial charge in [0.25, 0.3) is 5.56 Å². The number of halogens is 3. The van der Waals surface area contributed by atoms with Crippen molar-refractivity contribution in [2.24, 2.45) is 0 Å². The predicted octanol–water partition coefficient (Wildman–Crippen LogP) is 4.20. The minimum absolute atomic E-state index is 0.214. The first kappa shape index (κ1) is 21.1. The molecule has 3 heterocycles. The predicted molar refractivity (Wildman–Crippen MR) is 117 cm³/mol. The summed E-state index contributed by atoms with van der Waals surface area (Å²) in [4.78, 5) is 20.0. The van der Waals surface area contributed by atoms with E-state index in [1.54, 1.807) is 0 Å². The van der Waals surface area contributed by atoms with Crippen molar-refractivity contribution in [1.29, 1.82) is 0 Å². The summed E-state index contributed by atoms with van der Waals surface area (Å²) in [7, 11) is 0. The molecule has 1 aliphatic rings. The highest BCUT2D eigenvalue weighted by molar-refractivity contribution is 5.63. The lowest BCUT2D eigenvalue weighted by atomic mass is 10.0. The van der Waals surface area contributed by atoms with Crippen LogP contribution < -0.4 is 5.56 Å². The fourth-order valence-electron chi connectivity index (χ4n) is 4.07.